The van der Waals surface area contributed by atoms with Gasteiger partial charge in [-0.1, -0.05) is 0 Å². The molecule has 0 aliphatic carbocycles. The molecule has 0 saturated carbocycles. The quantitative estimate of drug-likeness (QED) is 0.497. The van der Waals surface area contributed by atoms with Crippen LogP contribution < -0.4 is 10.5 Å². The summed E-state index contributed by atoms with van der Waals surface area (Å²) in [7, 11) is -3.82. The van der Waals surface area contributed by atoms with Crippen LogP contribution in [0.4, 0.5) is 5.69 Å². The molecule has 26 heavy (non-hydrogen) atoms. The van der Waals surface area contributed by atoms with Crippen molar-refractivity contribution < 1.29 is 23.1 Å². The normalized spacial score (nSPS) is 16.0. The Labute approximate surface area is 150 Å². The van der Waals surface area contributed by atoms with Gasteiger partial charge in [-0.2, -0.15) is 5.26 Å². The lowest BCUT2D eigenvalue weighted by Crippen LogP contribution is -2.33. The number of carboxylic acid groups (broad SMARTS) is 1. The van der Waals surface area contributed by atoms with Crippen molar-refractivity contribution in [3.63, 3.8) is 0 Å². The van der Waals surface area contributed by atoms with E-state index < -0.39 is 27.8 Å². The summed E-state index contributed by atoms with van der Waals surface area (Å²) < 4.78 is 22.4. The van der Waals surface area contributed by atoms with Crippen molar-refractivity contribution in [2.75, 3.05) is 18.4 Å². The molecule has 0 unspecified atom stereocenters. The Morgan fingerprint density at radius 2 is 1.85 bits per heavy atom. The molecule has 0 atom stereocenters. The molecule has 0 aromatic heterocycles. The number of likely N-dealkylation sites (tertiary alicyclic amines) is 1. The van der Waals surface area contributed by atoms with Gasteiger partial charge in [0.2, 0.25) is 10.0 Å². The van der Waals surface area contributed by atoms with Crippen molar-refractivity contribution in [2.45, 2.75) is 17.7 Å². The van der Waals surface area contributed by atoms with Gasteiger partial charge in [0.05, 0.1) is 10.8 Å². The summed E-state index contributed by atoms with van der Waals surface area (Å²) in [5.74, 6) is -1.89. The van der Waals surface area contributed by atoms with Crippen molar-refractivity contribution in [3.8, 4) is 6.07 Å². The summed E-state index contributed by atoms with van der Waals surface area (Å²) in [5, 5.41) is 25.7. The van der Waals surface area contributed by atoms with E-state index in [9.17, 15) is 23.3 Å². The first-order chi connectivity index (χ1) is 12.2. The number of aliphatic carboxylic acids is 1. The summed E-state index contributed by atoms with van der Waals surface area (Å²) in [4.78, 5) is 24.8. The maximum Gasteiger partial charge on any atom is 0.306 e. The topological polar surface area (TPSA) is 154 Å². The highest BCUT2D eigenvalue weighted by molar-refractivity contribution is 7.89. The number of nitriles is 1. The van der Waals surface area contributed by atoms with E-state index in [2.05, 4.69) is 5.32 Å². The number of hydrogen-bond donors (Lipinski definition) is 3. The Kier molecular flexibility index (Phi) is 5.97. The molecular weight excluding hydrogens is 360 g/mol. The fraction of sp³-hybridized carbons (Fsp3) is 0.312. The number of carbonyl (C=O) groups is 2. The third-order valence-electron chi connectivity index (χ3n) is 4.00. The van der Waals surface area contributed by atoms with Crippen LogP contribution >= 0.6 is 0 Å². The Bertz CT molecular complexity index is 863. The van der Waals surface area contributed by atoms with Crippen LogP contribution in [0.15, 0.2) is 40.9 Å². The van der Waals surface area contributed by atoms with E-state index in [0.717, 1.165) is 0 Å². The summed E-state index contributed by atoms with van der Waals surface area (Å²) in [6, 6.07) is 7.04. The van der Waals surface area contributed by atoms with Crippen molar-refractivity contribution in [3.05, 3.63) is 36.0 Å². The van der Waals surface area contributed by atoms with Gasteiger partial charge in [0.1, 0.15) is 11.6 Å². The van der Waals surface area contributed by atoms with E-state index in [1.165, 1.54) is 30.5 Å². The van der Waals surface area contributed by atoms with E-state index in [1.807, 2.05) is 6.07 Å². The van der Waals surface area contributed by atoms with Crippen LogP contribution in [0.5, 0.6) is 0 Å². The summed E-state index contributed by atoms with van der Waals surface area (Å²) >= 11 is 0. The first kappa shape index (κ1) is 19.4. The van der Waals surface area contributed by atoms with E-state index in [0.29, 0.717) is 31.6 Å². The number of carboxylic acids is 1. The number of sulfonamides is 1. The number of piperidine rings is 1. The average Bonchev–Trinajstić information content (AvgIpc) is 2.59. The summed E-state index contributed by atoms with van der Waals surface area (Å²) in [6.07, 6.45) is 2.30. The molecule has 1 amide bonds. The largest absolute Gasteiger partial charge is 0.481 e. The fourth-order valence-electron chi connectivity index (χ4n) is 2.52. The number of benzene rings is 1. The number of rotatable bonds is 5. The number of primary sulfonamides is 1. The van der Waals surface area contributed by atoms with Gasteiger partial charge < -0.3 is 15.3 Å². The molecular formula is C16H18N4O5S. The molecule has 138 valence electrons. The minimum atomic E-state index is -3.82. The minimum absolute atomic E-state index is 0.0900. The lowest BCUT2D eigenvalue weighted by atomic mass is 9.97. The second-order valence-electron chi connectivity index (χ2n) is 5.83. The van der Waals surface area contributed by atoms with Gasteiger partial charge in [0.25, 0.3) is 5.91 Å². The van der Waals surface area contributed by atoms with Gasteiger partial charge in [-0.15, -0.1) is 0 Å². The van der Waals surface area contributed by atoms with Crippen LogP contribution in [0, 0.1) is 17.2 Å². The van der Waals surface area contributed by atoms with Crippen LogP contribution in [0.3, 0.4) is 0 Å². The zero-order chi connectivity index (χ0) is 19.3. The van der Waals surface area contributed by atoms with Gasteiger partial charge >= 0.3 is 5.97 Å². The number of nitrogens with one attached hydrogen (secondary N) is 1. The second kappa shape index (κ2) is 7.99. The molecule has 0 bridgehead atoms. The molecule has 1 saturated heterocycles. The van der Waals surface area contributed by atoms with Gasteiger partial charge in [0.15, 0.2) is 0 Å². The molecule has 9 nitrogen and oxygen atoms in total. The zero-order valence-electron chi connectivity index (χ0n) is 13.8. The Hall–Kier alpha value is -2.90. The molecule has 1 aromatic rings. The Morgan fingerprint density at radius 3 is 2.31 bits per heavy atom. The predicted octanol–water partition coefficient (Wildman–Crippen LogP) is 0.477. The molecule has 2 rings (SSSR count). The standard InChI is InChI=1S/C16H18N4O5S/c17-9-12(10-20-7-5-11(6-8-20)16(22)23)15(21)19-13-1-3-14(4-2-13)26(18,24)25/h1-4,10-11H,5-8H2,(H,19,21)(H,22,23)(H2,18,24,25)/b12-10-. The molecule has 1 heterocycles. The molecule has 1 aliphatic heterocycles. The lowest BCUT2D eigenvalue weighted by molar-refractivity contribution is -0.143. The van der Waals surface area contributed by atoms with Gasteiger partial charge in [0, 0.05) is 25.0 Å². The van der Waals surface area contributed by atoms with E-state index >= 15 is 0 Å². The van der Waals surface area contributed by atoms with Crippen LogP contribution in [-0.4, -0.2) is 43.4 Å². The average molecular weight is 378 g/mol. The molecule has 1 aromatic carbocycles. The Balaban J connectivity index is 2.03. The van der Waals surface area contributed by atoms with Crippen molar-refractivity contribution in [2.24, 2.45) is 11.1 Å². The molecule has 1 aliphatic rings. The van der Waals surface area contributed by atoms with E-state index in [4.69, 9.17) is 10.2 Å². The fourth-order valence-corrected chi connectivity index (χ4v) is 3.04. The third-order valence-corrected chi connectivity index (χ3v) is 4.93. The smallest absolute Gasteiger partial charge is 0.306 e. The van der Waals surface area contributed by atoms with Gasteiger partial charge in [-0.25, -0.2) is 13.6 Å². The first-order valence-corrected chi connectivity index (χ1v) is 9.28. The molecule has 1 fully saturated rings. The first-order valence-electron chi connectivity index (χ1n) is 7.73. The van der Waals surface area contributed by atoms with E-state index in [-0.39, 0.29) is 10.5 Å². The predicted molar refractivity (Wildman–Crippen MR) is 92.1 cm³/mol. The third kappa shape index (κ3) is 5.05. The highest BCUT2D eigenvalue weighted by atomic mass is 32.2. The molecule has 4 N–H and O–H groups in total. The number of anilines is 1. The number of amides is 1. The highest BCUT2D eigenvalue weighted by Crippen LogP contribution is 2.19. The van der Waals surface area contributed by atoms with Crippen LogP contribution in [0.1, 0.15) is 12.8 Å². The van der Waals surface area contributed by atoms with Crippen LogP contribution in [0.2, 0.25) is 0 Å². The second-order valence-corrected chi connectivity index (χ2v) is 7.39. The van der Waals surface area contributed by atoms with E-state index in [1.54, 1.807) is 4.90 Å². The monoisotopic (exact) mass is 378 g/mol. The van der Waals surface area contributed by atoms with Gasteiger partial charge in [-0.3, -0.25) is 9.59 Å². The van der Waals surface area contributed by atoms with Crippen molar-refractivity contribution in [1.29, 1.82) is 5.26 Å². The number of carbonyl (C=O) groups excluding carboxylic acids is 1. The summed E-state index contributed by atoms with van der Waals surface area (Å²) in [6.45, 7) is 0.886. The maximum atomic E-state index is 12.2. The number of nitrogens with zero attached hydrogens (tertiary/aromatic N) is 2. The Morgan fingerprint density at radius 1 is 1.27 bits per heavy atom. The molecule has 0 radical (unpaired) electrons. The maximum absolute atomic E-state index is 12.2. The van der Waals surface area contributed by atoms with Crippen molar-refractivity contribution in [1.82, 2.24) is 4.90 Å². The molecule has 10 heteroatoms. The van der Waals surface area contributed by atoms with Crippen molar-refractivity contribution >= 4 is 27.6 Å². The number of hydrogen-bond acceptors (Lipinski definition) is 6. The summed E-state index contributed by atoms with van der Waals surface area (Å²) in [5.41, 5.74) is 0.183. The lowest BCUT2D eigenvalue weighted by Gasteiger charge is -2.29. The van der Waals surface area contributed by atoms with Crippen LogP contribution in [-0.2, 0) is 19.6 Å². The minimum Gasteiger partial charge on any atom is -0.481 e. The molecule has 0 spiro atoms. The van der Waals surface area contributed by atoms with Crippen LogP contribution in [0.25, 0.3) is 0 Å². The zero-order valence-corrected chi connectivity index (χ0v) is 14.6. The SMILES string of the molecule is N#C/C(=C/N1CCC(C(=O)O)CC1)C(=O)Nc1ccc(S(N)(=O)=O)cc1. The highest BCUT2D eigenvalue weighted by Gasteiger charge is 2.24. The number of nitrogens with two attached hydrogens (primary N) is 1. The van der Waals surface area contributed by atoms with Gasteiger partial charge in [-0.05, 0) is 37.1 Å².